The fourth-order valence-corrected chi connectivity index (χ4v) is 3.83. The predicted octanol–water partition coefficient (Wildman–Crippen LogP) is 6.03. The summed E-state index contributed by atoms with van der Waals surface area (Å²) in [5.41, 5.74) is 6.78. The highest BCUT2D eigenvalue weighted by Crippen LogP contribution is 2.38. The number of hydrogen-bond acceptors (Lipinski definition) is 2. The van der Waals surface area contributed by atoms with Gasteiger partial charge in [0.25, 0.3) is 0 Å². The number of aromatic nitrogens is 2. The van der Waals surface area contributed by atoms with Gasteiger partial charge in [-0.3, -0.25) is 5.10 Å². The molecule has 0 fully saturated rings. The molecule has 1 heterocycles. The Labute approximate surface area is 175 Å². The number of hydrogen-bond donors (Lipinski definition) is 2. The van der Waals surface area contributed by atoms with Crippen LogP contribution in [-0.4, -0.2) is 21.3 Å². The van der Waals surface area contributed by atoms with E-state index in [1.165, 1.54) is 0 Å². The van der Waals surface area contributed by atoms with Crippen molar-refractivity contribution in [2.24, 2.45) is 0 Å². The number of allylic oxidation sites excluding steroid dienone is 1. The lowest BCUT2D eigenvalue weighted by atomic mass is 9.84. The highest BCUT2D eigenvalue weighted by molar-refractivity contribution is 6.17. The molecule has 0 saturated heterocycles. The molecule has 1 aromatic heterocycles. The number of rotatable bonds is 6. The van der Waals surface area contributed by atoms with Crippen molar-refractivity contribution >= 4 is 33.6 Å². The molecule has 0 bridgehead atoms. The second-order valence-electron chi connectivity index (χ2n) is 7.07. The largest absolute Gasteiger partial charge is 0.478 e. The van der Waals surface area contributed by atoms with Gasteiger partial charge in [0.1, 0.15) is 0 Å². The molecule has 4 rings (SSSR count). The van der Waals surface area contributed by atoms with Crippen molar-refractivity contribution in [3.8, 4) is 0 Å². The topological polar surface area (TPSA) is 66.0 Å². The van der Waals surface area contributed by atoms with Crippen molar-refractivity contribution < 1.29 is 9.90 Å². The van der Waals surface area contributed by atoms with Crippen LogP contribution < -0.4 is 0 Å². The number of aromatic amines is 1. The third kappa shape index (κ3) is 3.55. The van der Waals surface area contributed by atoms with Gasteiger partial charge >= 0.3 is 5.97 Å². The Kier molecular flexibility index (Phi) is 5.31. The second-order valence-corrected chi connectivity index (χ2v) is 7.07. The van der Waals surface area contributed by atoms with Gasteiger partial charge in [0.15, 0.2) is 0 Å². The van der Waals surface area contributed by atoms with Gasteiger partial charge in [-0.25, -0.2) is 4.79 Å². The van der Waals surface area contributed by atoms with E-state index in [0.29, 0.717) is 5.56 Å². The molecular formula is C26H22N2O2. The summed E-state index contributed by atoms with van der Waals surface area (Å²) < 4.78 is 0. The SMILES string of the molecule is C=C(C(=O)O)c1ccccc1/C(=C(\CC)c1ccccc1)c1ccc2[nH]ncc2c1. The molecule has 4 heteroatoms. The minimum absolute atomic E-state index is 0.0796. The predicted molar refractivity (Wildman–Crippen MR) is 122 cm³/mol. The van der Waals surface area contributed by atoms with E-state index < -0.39 is 5.97 Å². The van der Waals surface area contributed by atoms with E-state index in [9.17, 15) is 9.90 Å². The van der Waals surface area contributed by atoms with Crippen molar-refractivity contribution in [2.45, 2.75) is 13.3 Å². The van der Waals surface area contributed by atoms with E-state index in [-0.39, 0.29) is 5.57 Å². The molecule has 30 heavy (non-hydrogen) atoms. The van der Waals surface area contributed by atoms with Crippen molar-refractivity contribution in [1.29, 1.82) is 0 Å². The van der Waals surface area contributed by atoms with Crippen molar-refractivity contribution in [3.63, 3.8) is 0 Å². The van der Waals surface area contributed by atoms with E-state index in [4.69, 9.17) is 0 Å². The maximum atomic E-state index is 11.7. The molecule has 148 valence electrons. The Balaban J connectivity index is 2.06. The van der Waals surface area contributed by atoms with Gasteiger partial charge in [-0.15, -0.1) is 0 Å². The second kappa shape index (κ2) is 8.21. The molecule has 3 aromatic carbocycles. The third-order valence-electron chi connectivity index (χ3n) is 5.29. The molecule has 0 unspecified atom stereocenters. The van der Waals surface area contributed by atoms with Crippen molar-refractivity contribution in [3.05, 3.63) is 108 Å². The van der Waals surface area contributed by atoms with Crippen LogP contribution in [0.1, 0.15) is 35.6 Å². The average molecular weight is 394 g/mol. The summed E-state index contributed by atoms with van der Waals surface area (Å²) in [4.78, 5) is 11.7. The molecule has 0 aliphatic carbocycles. The summed E-state index contributed by atoms with van der Waals surface area (Å²) in [5, 5.41) is 17.7. The fraction of sp³-hybridized carbons (Fsp3) is 0.0769. The molecular weight excluding hydrogens is 372 g/mol. The Bertz CT molecular complexity index is 1270. The Morgan fingerprint density at radius 2 is 1.67 bits per heavy atom. The van der Waals surface area contributed by atoms with Crippen molar-refractivity contribution in [2.75, 3.05) is 0 Å². The monoisotopic (exact) mass is 394 g/mol. The maximum Gasteiger partial charge on any atom is 0.335 e. The number of carboxylic acid groups (broad SMARTS) is 1. The van der Waals surface area contributed by atoms with Gasteiger partial charge in [0.2, 0.25) is 0 Å². The van der Waals surface area contributed by atoms with Gasteiger partial charge in [-0.2, -0.15) is 5.10 Å². The Morgan fingerprint density at radius 3 is 2.37 bits per heavy atom. The standard InChI is InChI=1S/C26H22N2O2/c1-3-21(18-9-5-4-6-10-18)25(19-13-14-24-20(15-19)16-27-28-24)23-12-8-7-11-22(23)17(2)26(29)30/h4-16H,2-3H2,1H3,(H,27,28)(H,29,30)/b25-21+. The highest BCUT2D eigenvalue weighted by atomic mass is 16.4. The fourth-order valence-electron chi connectivity index (χ4n) is 3.83. The number of benzene rings is 3. The Hall–Kier alpha value is -3.92. The molecule has 2 N–H and O–H groups in total. The van der Waals surface area contributed by atoms with Crippen LogP contribution >= 0.6 is 0 Å². The van der Waals surface area contributed by atoms with Crippen LogP contribution in [0.4, 0.5) is 0 Å². The van der Waals surface area contributed by atoms with E-state index in [1.54, 1.807) is 6.20 Å². The zero-order chi connectivity index (χ0) is 21.1. The van der Waals surface area contributed by atoms with Crippen LogP contribution in [0, 0.1) is 0 Å². The lowest BCUT2D eigenvalue weighted by Gasteiger charge is -2.19. The molecule has 0 aliphatic heterocycles. The molecule has 0 radical (unpaired) electrons. The van der Waals surface area contributed by atoms with Crippen LogP contribution in [0.3, 0.4) is 0 Å². The summed E-state index contributed by atoms with van der Waals surface area (Å²) in [6.07, 6.45) is 2.59. The maximum absolute atomic E-state index is 11.7. The minimum atomic E-state index is -1.02. The first-order chi connectivity index (χ1) is 14.6. The van der Waals surface area contributed by atoms with E-state index in [1.807, 2.05) is 48.5 Å². The molecule has 0 amide bonds. The molecule has 4 nitrogen and oxygen atoms in total. The molecule has 0 saturated carbocycles. The number of carboxylic acids is 1. The highest BCUT2D eigenvalue weighted by Gasteiger charge is 2.19. The first-order valence-electron chi connectivity index (χ1n) is 9.84. The van der Waals surface area contributed by atoms with Crippen LogP contribution in [0.25, 0.3) is 27.6 Å². The first kappa shape index (κ1) is 19.4. The summed E-state index contributed by atoms with van der Waals surface area (Å²) in [7, 11) is 0. The van der Waals surface area contributed by atoms with Gasteiger partial charge in [0.05, 0.1) is 17.3 Å². The number of fused-ring (bicyclic) bond motifs is 1. The van der Waals surface area contributed by atoms with Crippen molar-refractivity contribution in [1.82, 2.24) is 10.2 Å². The normalized spacial score (nSPS) is 11.9. The van der Waals surface area contributed by atoms with Crippen LogP contribution in [0.15, 0.2) is 85.6 Å². The number of carbonyl (C=O) groups is 1. The summed E-state index contributed by atoms with van der Waals surface area (Å²) in [6.45, 7) is 5.94. The summed E-state index contributed by atoms with van der Waals surface area (Å²) in [5.74, 6) is -1.02. The first-order valence-corrected chi connectivity index (χ1v) is 9.84. The third-order valence-corrected chi connectivity index (χ3v) is 5.29. The van der Waals surface area contributed by atoms with Crippen LogP contribution in [-0.2, 0) is 4.79 Å². The smallest absolute Gasteiger partial charge is 0.335 e. The summed E-state index contributed by atoms with van der Waals surface area (Å²) >= 11 is 0. The van der Waals surface area contributed by atoms with E-state index >= 15 is 0 Å². The molecule has 0 spiro atoms. The van der Waals surface area contributed by atoms with E-state index in [2.05, 4.69) is 48.0 Å². The molecule has 0 aliphatic rings. The van der Waals surface area contributed by atoms with Crippen LogP contribution in [0.5, 0.6) is 0 Å². The quantitative estimate of drug-likeness (QED) is 0.310. The van der Waals surface area contributed by atoms with E-state index in [0.717, 1.165) is 45.2 Å². The zero-order valence-corrected chi connectivity index (χ0v) is 16.7. The number of aliphatic carboxylic acids is 1. The van der Waals surface area contributed by atoms with Gasteiger partial charge in [0, 0.05) is 5.39 Å². The number of nitrogens with one attached hydrogen (secondary N) is 1. The van der Waals surface area contributed by atoms with Gasteiger partial charge in [-0.05, 0) is 52.0 Å². The Morgan fingerprint density at radius 1 is 0.967 bits per heavy atom. The molecule has 4 aromatic rings. The zero-order valence-electron chi connectivity index (χ0n) is 16.7. The lowest BCUT2D eigenvalue weighted by molar-refractivity contribution is -0.130. The average Bonchev–Trinajstić information content (AvgIpc) is 3.25. The lowest BCUT2D eigenvalue weighted by Crippen LogP contribution is -2.03. The van der Waals surface area contributed by atoms with Gasteiger partial charge < -0.3 is 5.11 Å². The number of H-pyrrole nitrogens is 1. The van der Waals surface area contributed by atoms with Crippen LogP contribution in [0.2, 0.25) is 0 Å². The van der Waals surface area contributed by atoms with Gasteiger partial charge in [-0.1, -0.05) is 74.2 Å². The minimum Gasteiger partial charge on any atom is -0.478 e. The molecule has 0 atom stereocenters. The summed E-state index contributed by atoms with van der Waals surface area (Å²) in [6, 6.07) is 23.9. The number of nitrogens with zero attached hydrogens (tertiary/aromatic N) is 1.